The lowest BCUT2D eigenvalue weighted by molar-refractivity contribution is 0.591. The second-order valence-electron chi connectivity index (χ2n) is 14.3. The third kappa shape index (κ3) is 5.91. The van der Waals surface area contributed by atoms with Crippen LogP contribution in [0.4, 0.5) is 0 Å². The van der Waals surface area contributed by atoms with Gasteiger partial charge in [-0.25, -0.2) is 9.97 Å². The smallest absolute Gasteiger partial charge is 0.160 e. The molecule has 0 saturated heterocycles. The summed E-state index contributed by atoms with van der Waals surface area (Å²) in [5.41, 5.74) is 13.7. The molecule has 4 heteroatoms. The molecule has 0 fully saturated rings. The molecule has 0 radical (unpaired) electrons. The van der Waals surface area contributed by atoms with Crippen LogP contribution in [0.2, 0.25) is 0 Å². The number of aromatic nitrogens is 2. The zero-order valence-electron chi connectivity index (χ0n) is 30.2. The Kier molecular flexibility index (Phi) is 7.98. The van der Waals surface area contributed by atoms with Crippen LogP contribution in [0.3, 0.4) is 0 Å². The Morgan fingerprint density at radius 2 is 0.891 bits per heavy atom. The fourth-order valence-electron chi connectivity index (χ4n) is 7.96. The van der Waals surface area contributed by atoms with Crippen LogP contribution in [0, 0.1) is 0 Å². The molecule has 1 unspecified atom stereocenters. The summed E-state index contributed by atoms with van der Waals surface area (Å²) in [4.78, 5) is 10.1. The van der Waals surface area contributed by atoms with Gasteiger partial charge in [-0.3, -0.25) is 0 Å². The molecule has 2 heterocycles. The van der Waals surface area contributed by atoms with Crippen molar-refractivity contribution in [2.24, 2.45) is 0 Å². The first-order valence-corrected chi connectivity index (χ1v) is 20.7. The average Bonchev–Trinajstić information content (AvgIpc) is 3.49. The lowest BCUT2D eigenvalue weighted by atomic mass is 9.92. The minimum Gasteiger partial charge on any atom is -0.314 e. The molecule has 1 aromatic heterocycles. The quantitative estimate of drug-likeness (QED) is 0.161. The first kappa shape index (κ1) is 32.9. The Hall–Kier alpha value is -6.67. The second-order valence-corrected chi connectivity index (χ2v) is 17.1. The van der Waals surface area contributed by atoms with Crippen LogP contribution in [0.1, 0.15) is 0 Å². The monoisotopic (exact) mass is 722 g/mol. The fourth-order valence-corrected chi connectivity index (χ4v) is 10.3. The summed E-state index contributed by atoms with van der Waals surface area (Å²) in [6.07, 6.45) is 0. The average molecular weight is 723 g/mol. The molecule has 0 N–H and O–H groups in total. The normalized spacial score (nSPS) is 14.4. The lowest BCUT2D eigenvalue weighted by Gasteiger charge is -2.14. The predicted octanol–water partition coefficient (Wildman–Crippen LogP) is 12.6. The van der Waals surface area contributed by atoms with Gasteiger partial charge in [0.25, 0.3) is 0 Å². The molecule has 0 amide bonds. The Morgan fingerprint density at radius 3 is 1.60 bits per heavy atom. The van der Waals surface area contributed by atoms with Gasteiger partial charge in [-0.2, -0.15) is 0 Å². The molecular weight excluding hydrogens is 688 g/mol. The summed E-state index contributed by atoms with van der Waals surface area (Å²) in [6, 6.07) is 67.7. The van der Waals surface area contributed by atoms with Crippen LogP contribution in [0.25, 0.3) is 89.2 Å². The number of hydrogen-bond acceptors (Lipinski definition) is 3. The number of rotatable bonds is 6. The van der Waals surface area contributed by atoms with Crippen LogP contribution >= 0.6 is 7.14 Å². The van der Waals surface area contributed by atoms with E-state index < -0.39 is 7.14 Å². The summed E-state index contributed by atoms with van der Waals surface area (Å²) in [6.45, 7) is 1.90. The lowest BCUT2D eigenvalue weighted by Crippen LogP contribution is -2.08. The fraction of sp³-hybridized carbons (Fsp3) is 0.0196. The van der Waals surface area contributed by atoms with Gasteiger partial charge in [0.15, 0.2) is 5.82 Å². The molecule has 55 heavy (non-hydrogen) atoms. The maximum absolute atomic E-state index is 14.2. The van der Waals surface area contributed by atoms with E-state index in [4.69, 9.17) is 9.97 Å². The summed E-state index contributed by atoms with van der Waals surface area (Å²) < 4.78 is 14.2. The van der Waals surface area contributed by atoms with Crippen molar-refractivity contribution in [3.63, 3.8) is 0 Å². The zero-order valence-corrected chi connectivity index (χ0v) is 31.1. The second kappa shape index (κ2) is 13.3. The molecule has 0 bridgehead atoms. The van der Waals surface area contributed by atoms with E-state index in [1.54, 1.807) is 0 Å². The molecule has 3 nitrogen and oxygen atoms in total. The standard InChI is InChI=1S/C51H35N2OP/c1-55(54)49-19-11-10-18-44(49)45-29-28-40(32-50(45)55)42-30-41-16-8-9-17-43(41)46(31-42)36-22-26-38(27-23-36)48-33-47(52-51(53-48)39-14-6-3-7-15-39)37-24-20-35(21-25-37)34-12-4-2-5-13-34/h2-33H,1H3. The molecular formula is C51H35N2OP. The first-order valence-electron chi connectivity index (χ1n) is 18.6. The van der Waals surface area contributed by atoms with Crippen LogP contribution < -0.4 is 10.6 Å². The van der Waals surface area contributed by atoms with Crippen molar-refractivity contribution >= 4 is 28.5 Å². The minimum absolute atomic E-state index is 0.692. The van der Waals surface area contributed by atoms with Gasteiger partial charge < -0.3 is 4.57 Å². The largest absolute Gasteiger partial charge is 0.314 e. The van der Waals surface area contributed by atoms with E-state index in [0.29, 0.717) is 5.82 Å². The van der Waals surface area contributed by atoms with Gasteiger partial charge in [-0.05, 0) is 86.2 Å². The Bertz CT molecular complexity index is 2940. The highest BCUT2D eigenvalue weighted by Gasteiger charge is 2.34. The first-order chi connectivity index (χ1) is 27.0. The van der Waals surface area contributed by atoms with Crippen LogP contribution in [-0.4, -0.2) is 16.6 Å². The third-order valence-corrected chi connectivity index (χ3v) is 13.4. The SMILES string of the molecule is CP1(=O)c2ccccc2-c2ccc(-c3cc(-c4ccc(-c5cc(-c6ccc(-c7ccccc7)cc6)nc(-c6ccccc6)n5)cc4)c4ccccc4c3)cc21. The van der Waals surface area contributed by atoms with E-state index >= 15 is 0 Å². The van der Waals surface area contributed by atoms with Crippen LogP contribution in [0.5, 0.6) is 0 Å². The molecule has 1 atom stereocenters. The zero-order chi connectivity index (χ0) is 36.9. The maximum Gasteiger partial charge on any atom is 0.160 e. The van der Waals surface area contributed by atoms with Gasteiger partial charge in [0.05, 0.1) is 11.4 Å². The van der Waals surface area contributed by atoms with E-state index in [1.807, 2.05) is 49.1 Å². The van der Waals surface area contributed by atoms with Crippen molar-refractivity contribution < 1.29 is 4.57 Å². The summed E-state index contributed by atoms with van der Waals surface area (Å²) >= 11 is 0. The van der Waals surface area contributed by atoms with Crippen molar-refractivity contribution in [3.05, 3.63) is 194 Å². The molecule has 9 aromatic rings. The highest BCUT2D eigenvalue weighted by Crippen LogP contribution is 2.50. The van der Waals surface area contributed by atoms with Gasteiger partial charge >= 0.3 is 0 Å². The van der Waals surface area contributed by atoms with Crippen molar-refractivity contribution in [1.82, 2.24) is 9.97 Å². The molecule has 0 aliphatic carbocycles. The predicted molar refractivity (Wildman–Crippen MR) is 230 cm³/mol. The maximum atomic E-state index is 14.2. The van der Waals surface area contributed by atoms with E-state index in [1.165, 1.54) is 16.5 Å². The van der Waals surface area contributed by atoms with Gasteiger partial charge in [-0.1, -0.05) is 170 Å². The van der Waals surface area contributed by atoms with E-state index in [2.05, 4.69) is 152 Å². The highest BCUT2D eigenvalue weighted by molar-refractivity contribution is 7.79. The van der Waals surface area contributed by atoms with Gasteiger partial charge in [-0.15, -0.1) is 0 Å². The van der Waals surface area contributed by atoms with E-state index in [-0.39, 0.29) is 0 Å². The van der Waals surface area contributed by atoms with Gasteiger partial charge in [0, 0.05) is 27.3 Å². The van der Waals surface area contributed by atoms with E-state index in [9.17, 15) is 4.57 Å². The highest BCUT2D eigenvalue weighted by atomic mass is 31.2. The molecule has 10 rings (SSSR count). The number of benzene rings is 8. The molecule has 260 valence electrons. The van der Waals surface area contributed by atoms with Crippen LogP contribution in [0.15, 0.2) is 194 Å². The number of nitrogens with zero attached hydrogens (tertiary/aromatic N) is 2. The summed E-state index contributed by atoms with van der Waals surface area (Å²) in [5, 5.41) is 4.24. The Labute approximate surface area is 321 Å². The Balaban J connectivity index is 1.04. The van der Waals surface area contributed by atoms with Gasteiger partial charge in [0.2, 0.25) is 0 Å². The molecule has 8 aromatic carbocycles. The third-order valence-electron chi connectivity index (χ3n) is 10.8. The Morgan fingerprint density at radius 1 is 0.364 bits per heavy atom. The molecule has 0 spiro atoms. The molecule has 1 aliphatic rings. The van der Waals surface area contributed by atoms with Crippen molar-refractivity contribution in [2.75, 3.05) is 6.66 Å². The van der Waals surface area contributed by atoms with Crippen LogP contribution in [-0.2, 0) is 4.57 Å². The summed E-state index contributed by atoms with van der Waals surface area (Å²) in [5.74, 6) is 0.692. The molecule has 0 saturated carbocycles. The van der Waals surface area contributed by atoms with Crippen molar-refractivity contribution in [1.29, 1.82) is 0 Å². The van der Waals surface area contributed by atoms with Crippen molar-refractivity contribution in [2.45, 2.75) is 0 Å². The van der Waals surface area contributed by atoms with Crippen molar-refractivity contribution in [3.8, 4) is 78.4 Å². The summed E-state index contributed by atoms with van der Waals surface area (Å²) in [7, 11) is -2.70. The van der Waals surface area contributed by atoms with Gasteiger partial charge in [0.1, 0.15) is 7.14 Å². The minimum atomic E-state index is -2.70. The molecule has 1 aliphatic heterocycles. The number of fused-ring (bicyclic) bond motifs is 4. The topological polar surface area (TPSA) is 42.9 Å². The van der Waals surface area contributed by atoms with E-state index in [0.717, 1.165) is 77.5 Å². The number of hydrogen-bond donors (Lipinski definition) is 0.